The summed E-state index contributed by atoms with van der Waals surface area (Å²) in [5.74, 6) is 0.282. The van der Waals surface area contributed by atoms with Crippen LogP contribution >= 0.6 is 15.9 Å². The Bertz CT molecular complexity index is 1770. The van der Waals surface area contributed by atoms with Crippen molar-refractivity contribution in [1.82, 2.24) is 19.7 Å². The van der Waals surface area contributed by atoms with Crippen LogP contribution in [0.3, 0.4) is 0 Å². The first-order chi connectivity index (χ1) is 21.0. The van der Waals surface area contributed by atoms with Crippen molar-refractivity contribution >= 4 is 34.1 Å². The lowest BCUT2D eigenvalue weighted by Crippen LogP contribution is -2.45. The second-order valence-corrected chi connectivity index (χ2v) is 20.5. The molecule has 2 aromatic heterocycles. The summed E-state index contributed by atoms with van der Waals surface area (Å²) in [6.45, 7) is 13.7. The molecule has 0 aliphatic carbocycles. The fourth-order valence-electron chi connectivity index (χ4n) is 4.70. The molecule has 9 nitrogen and oxygen atoms in total. The second-order valence-electron chi connectivity index (χ2n) is 12.5. The standard InChI is InChI=1S/C32H40BrFN4O5SSi/c1-20-15-22(18-35-17-20)31-37-36-28(38(31)29-26(41-6)11-10-12-27(29)42-7)19-44(39,40)21(2)30(43-45(8,9)32(3,4)5)24-14-13-23(33)16-25(24)34/h10-18,21,30H,19H2,1-9H3/t21-,30-/m0/s1. The number of aryl methyl sites for hydroxylation is 1. The number of nitrogens with zero attached hydrogens (tertiary/aromatic N) is 4. The Kier molecular flexibility index (Phi) is 10.3. The minimum atomic E-state index is -4.05. The smallest absolute Gasteiger partial charge is 0.192 e. The summed E-state index contributed by atoms with van der Waals surface area (Å²) in [5, 5.41) is 7.40. The summed E-state index contributed by atoms with van der Waals surface area (Å²) in [4.78, 5) is 4.30. The first-order valence-corrected chi connectivity index (χ1v) is 19.8. The minimum absolute atomic E-state index is 0.128. The molecule has 45 heavy (non-hydrogen) atoms. The molecule has 0 saturated carbocycles. The molecule has 4 aromatic rings. The maximum atomic E-state index is 15.5. The number of aromatic nitrogens is 4. The molecule has 2 aromatic carbocycles. The van der Waals surface area contributed by atoms with Crippen molar-refractivity contribution in [2.24, 2.45) is 0 Å². The highest BCUT2D eigenvalue weighted by molar-refractivity contribution is 9.10. The van der Waals surface area contributed by atoms with Gasteiger partial charge in [0.15, 0.2) is 29.8 Å². The number of methoxy groups -OCH3 is 2. The summed E-state index contributed by atoms with van der Waals surface area (Å²) in [6, 6.07) is 11.7. The molecule has 0 amide bonds. The molecule has 0 fully saturated rings. The summed E-state index contributed by atoms with van der Waals surface area (Å²) < 4.78 is 64.4. The third-order valence-electron chi connectivity index (χ3n) is 8.31. The van der Waals surface area contributed by atoms with Gasteiger partial charge in [-0.1, -0.05) is 48.8 Å². The number of benzene rings is 2. The quantitative estimate of drug-likeness (QED) is 0.146. The maximum absolute atomic E-state index is 15.5. The van der Waals surface area contributed by atoms with Crippen molar-refractivity contribution in [2.75, 3.05) is 14.2 Å². The number of hydrogen-bond donors (Lipinski definition) is 0. The van der Waals surface area contributed by atoms with E-state index in [1.165, 1.54) is 20.3 Å². The van der Waals surface area contributed by atoms with Gasteiger partial charge < -0.3 is 13.9 Å². The summed E-state index contributed by atoms with van der Waals surface area (Å²) in [7, 11) is -3.59. The van der Waals surface area contributed by atoms with Gasteiger partial charge in [-0.25, -0.2) is 12.8 Å². The zero-order valence-electron chi connectivity index (χ0n) is 27.1. The minimum Gasteiger partial charge on any atom is -0.494 e. The van der Waals surface area contributed by atoms with E-state index in [-0.39, 0.29) is 16.4 Å². The van der Waals surface area contributed by atoms with Crippen LogP contribution in [0.4, 0.5) is 4.39 Å². The van der Waals surface area contributed by atoms with Gasteiger partial charge in [-0.05, 0) is 67.9 Å². The first-order valence-electron chi connectivity index (χ1n) is 14.4. The van der Waals surface area contributed by atoms with Gasteiger partial charge in [-0.3, -0.25) is 9.55 Å². The predicted molar refractivity (Wildman–Crippen MR) is 180 cm³/mol. The van der Waals surface area contributed by atoms with Crippen LogP contribution in [0.1, 0.15) is 50.8 Å². The van der Waals surface area contributed by atoms with Gasteiger partial charge in [0.2, 0.25) is 0 Å². The van der Waals surface area contributed by atoms with Crippen molar-refractivity contribution in [3.63, 3.8) is 0 Å². The third-order valence-corrected chi connectivity index (χ3v) is 15.3. The Hall–Kier alpha value is -3.13. The van der Waals surface area contributed by atoms with Crippen LogP contribution in [-0.4, -0.2) is 56.0 Å². The van der Waals surface area contributed by atoms with E-state index in [0.29, 0.717) is 33.0 Å². The Balaban J connectivity index is 1.88. The topological polar surface area (TPSA) is 105 Å². The molecule has 2 atom stereocenters. The molecule has 0 N–H and O–H groups in total. The molecule has 0 bridgehead atoms. The Morgan fingerprint density at radius 2 is 1.67 bits per heavy atom. The van der Waals surface area contributed by atoms with Gasteiger partial charge in [-0.15, -0.1) is 10.2 Å². The third kappa shape index (κ3) is 7.31. The first kappa shape index (κ1) is 34.7. The van der Waals surface area contributed by atoms with E-state index >= 15 is 4.39 Å². The Labute approximate surface area is 274 Å². The van der Waals surface area contributed by atoms with Gasteiger partial charge in [0.05, 0.1) is 25.6 Å². The molecule has 0 unspecified atom stereocenters. The number of pyridine rings is 1. The molecule has 0 aliphatic heterocycles. The van der Waals surface area contributed by atoms with Crippen molar-refractivity contribution < 1.29 is 26.7 Å². The Morgan fingerprint density at radius 3 is 2.22 bits per heavy atom. The molecule has 0 spiro atoms. The fraction of sp³-hybridized carbons (Fsp3) is 0.406. The predicted octanol–water partition coefficient (Wildman–Crippen LogP) is 7.62. The zero-order chi connectivity index (χ0) is 33.3. The highest BCUT2D eigenvalue weighted by Crippen LogP contribution is 2.43. The van der Waals surface area contributed by atoms with Gasteiger partial charge in [0, 0.05) is 28.0 Å². The fourth-order valence-corrected chi connectivity index (χ4v) is 7.84. The lowest BCUT2D eigenvalue weighted by atomic mass is 10.1. The highest BCUT2D eigenvalue weighted by atomic mass is 79.9. The van der Waals surface area contributed by atoms with Gasteiger partial charge in [0.25, 0.3) is 0 Å². The SMILES string of the molecule is COc1cccc(OC)c1-n1c(CS(=O)(=O)[C@@H](C)[C@H](O[Si](C)(C)C(C)(C)C)c2ccc(Br)cc2F)nnc1-c1cncc(C)c1. The molecule has 242 valence electrons. The van der Waals surface area contributed by atoms with Crippen LogP contribution in [0, 0.1) is 12.7 Å². The summed E-state index contributed by atoms with van der Waals surface area (Å²) in [6.07, 6.45) is 2.28. The number of hydrogen-bond acceptors (Lipinski definition) is 8. The van der Waals surface area contributed by atoms with Gasteiger partial charge >= 0.3 is 0 Å². The number of rotatable bonds is 11. The lowest BCUT2D eigenvalue weighted by Gasteiger charge is -2.41. The van der Waals surface area contributed by atoms with E-state index in [1.54, 1.807) is 54.2 Å². The Morgan fingerprint density at radius 1 is 1.02 bits per heavy atom. The van der Waals surface area contributed by atoms with Crippen LogP contribution in [0.25, 0.3) is 17.1 Å². The van der Waals surface area contributed by atoms with E-state index in [4.69, 9.17) is 13.9 Å². The lowest BCUT2D eigenvalue weighted by molar-refractivity contribution is 0.177. The van der Waals surface area contributed by atoms with Crippen molar-refractivity contribution in [3.8, 4) is 28.6 Å². The van der Waals surface area contributed by atoms with Crippen LogP contribution in [0.2, 0.25) is 18.1 Å². The van der Waals surface area contributed by atoms with Crippen LogP contribution < -0.4 is 9.47 Å². The average Bonchev–Trinajstić information content (AvgIpc) is 3.36. The normalized spacial score (nSPS) is 13.8. The summed E-state index contributed by atoms with van der Waals surface area (Å²) in [5.41, 5.74) is 2.13. The molecule has 0 radical (unpaired) electrons. The molecule has 4 rings (SSSR count). The maximum Gasteiger partial charge on any atom is 0.192 e. The van der Waals surface area contributed by atoms with E-state index in [1.807, 2.05) is 26.1 Å². The molecule has 0 saturated heterocycles. The average molecular weight is 720 g/mol. The van der Waals surface area contributed by atoms with Crippen molar-refractivity contribution in [3.05, 3.63) is 82.1 Å². The summed E-state index contributed by atoms with van der Waals surface area (Å²) >= 11 is 3.31. The van der Waals surface area contributed by atoms with Gasteiger partial charge in [0.1, 0.15) is 28.8 Å². The van der Waals surface area contributed by atoms with Crippen LogP contribution in [0.15, 0.2) is 59.3 Å². The monoisotopic (exact) mass is 718 g/mol. The highest BCUT2D eigenvalue weighted by Gasteiger charge is 2.44. The molecular weight excluding hydrogens is 679 g/mol. The van der Waals surface area contributed by atoms with E-state index in [9.17, 15) is 8.42 Å². The largest absolute Gasteiger partial charge is 0.494 e. The number of sulfone groups is 1. The molecule has 13 heteroatoms. The zero-order valence-corrected chi connectivity index (χ0v) is 30.5. The van der Waals surface area contributed by atoms with E-state index in [2.05, 4.69) is 51.9 Å². The van der Waals surface area contributed by atoms with Crippen LogP contribution in [-0.2, 0) is 20.0 Å². The van der Waals surface area contributed by atoms with Gasteiger partial charge in [-0.2, -0.15) is 0 Å². The van der Waals surface area contributed by atoms with Crippen molar-refractivity contribution in [1.29, 1.82) is 0 Å². The van der Waals surface area contributed by atoms with E-state index < -0.39 is 41.1 Å². The number of ether oxygens (including phenoxy) is 2. The van der Waals surface area contributed by atoms with Crippen LogP contribution in [0.5, 0.6) is 11.5 Å². The van der Waals surface area contributed by atoms with E-state index in [0.717, 1.165) is 5.56 Å². The number of halogens is 2. The molecule has 2 heterocycles. The molecule has 0 aliphatic rings. The molecular formula is C32H40BrFN4O5SSi. The number of para-hydroxylation sites is 1. The van der Waals surface area contributed by atoms with Crippen molar-refractivity contribution in [2.45, 2.75) is 69.9 Å². The second kappa shape index (κ2) is 13.3.